The minimum absolute atomic E-state index is 0.0969. The molecule has 0 fully saturated rings. The maximum absolute atomic E-state index is 10.2. The van der Waals surface area contributed by atoms with Gasteiger partial charge in [-0.3, -0.25) is 0 Å². The first-order valence-electron chi connectivity index (χ1n) is 5.62. The zero-order chi connectivity index (χ0) is 10.8. The van der Waals surface area contributed by atoms with Crippen LogP contribution < -0.4 is 0 Å². The summed E-state index contributed by atoms with van der Waals surface area (Å²) in [6.45, 7) is 6.50. The minimum Gasteiger partial charge on any atom is -0.232 e. The number of hydrogen-bond donors (Lipinski definition) is 0. The van der Waals surface area contributed by atoms with E-state index in [2.05, 4.69) is 32.9 Å². The molecule has 0 heterocycles. The molecule has 0 aromatic rings. The molecule has 1 nitrogen and oxygen atoms in total. The molecule has 0 aliphatic heterocycles. The van der Waals surface area contributed by atoms with Crippen molar-refractivity contribution in [3.8, 4) is 0 Å². The van der Waals surface area contributed by atoms with Crippen molar-refractivity contribution in [1.82, 2.24) is 0 Å². The van der Waals surface area contributed by atoms with Crippen molar-refractivity contribution < 1.29 is 5.11 Å². The van der Waals surface area contributed by atoms with Crippen LogP contribution in [0, 0.1) is 11.8 Å². The predicted molar refractivity (Wildman–Crippen MR) is 61.7 cm³/mol. The first-order valence-corrected chi connectivity index (χ1v) is 5.62. The highest BCUT2D eigenvalue weighted by Crippen LogP contribution is 2.10. The number of rotatable bonds is 7. The molecule has 1 heteroatoms. The molecule has 1 radical (unpaired) electrons. The molecule has 0 aromatic carbocycles. The highest BCUT2D eigenvalue weighted by Gasteiger charge is 1.95. The van der Waals surface area contributed by atoms with Crippen molar-refractivity contribution in [2.45, 2.75) is 40.0 Å². The van der Waals surface area contributed by atoms with Gasteiger partial charge in [0.15, 0.2) is 0 Å². The predicted octanol–water partition coefficient (Wildman–Crippen LogP) is 3.99. The van der Waals surface area contributed by atoms with E-state index in [1.165, 1.54) is 12.8 Å². The van der Waals surface area contributed by atoms with Crippen LogP contribution in [0.1, 0.15) is 40.0 Å². The van der Waals surface area contributed by atoms with Gasteiger partial charge in [0.2, 0.25) is 0 Å². The van der Waals surface area contributed by atoms with E-state index in [0.29, 0.717) is 11.8 Å². The highest BCUT2D eigenvalue weighted by atomic mass is 16.2. The van der Waals surface area contributed by atoms with E-state index in [1.54, 1.807) is 6.08 Å². The Labute approximate surface area is 88.5 Å². The van der Waals surface area contributed by atoms with Gasteiger partial charge in [-0.2, -0.15) is 0 Å². The van der Waals surface area contributed by atoms with Crippen LogP contribution in [0.2, 0.25) is 0 Å². The molecule has 14 heavy (non-hydrogen) atoms. The van der Waals surface area contributed by atoms with E-state index in [0.717, 1.165) is 6.42 Å². The van der Waals surface area contributed by atoms with Crippen LogP contribution in [-0.4, -0.2) is 6.61 Å². The summed E-state index contributed by atoms with van der Waals surface area (Å²) < 4.78 is 0. The van der Waals surface area contributed by atoms with Gasteiger partial charge in [-0.15, -0.1) is 0 Å². The van der Waals surface area contributed by atoms with E-state index < -0.39 is 0 Å². The summed E-state index contributed by atoms with van der Waals surface area (Å²) in [5, 5.41) is 10.2. The Morgan fingerprint density at radius 1 is 1.07 bits per heavy atom. The van der Waals surface area contributed by atoms with Crippen LogP contribution in [0.4, 0.5) is 0 Å². The quantitative estimate of drug-likeness (QED) is 0.547. The second-order valence-electron chi connectivity index (χ2n) is 4.00. The Hall–Kier alpha value is -0.560. The Balaban J connectivity index is 3.64. The molecule has 0 N–H and O–H groups in total. The second-order valence-corrected chi connectivity index (χ2v) is 4.00. The zero-order valence-electron chi connectivity index (χ0n) is 9.70. The van der Waals surface area contributed by atoms with Crippen LogP contribution in [0.5, 0.6) is 0 Å². The molecular formula is C13H23O. The fraction of sp³-hybridized carbons (Fsp3) is 0.692. The monoisotopic (exact) mass is 195 g/mol. The van der Waals surface area contributed by atoms with Crippen molar-refractivity contribution in [1.29, 1.82) is 0 Å². The summed E-state index contributed by atoms with van der Waals surface area (Å²) in [5.41, 5.74) is 0. The van der Waals surface area contributed by atoms with Gasteiger partial charge in [0, 0.05) is 0 Å². The third kappa shape index (κ3) is 8.06. The summed E-state index contributed by atoms with van der Waals surface area (Å²) in [4.78, 5) is 0. The van der Waals surface area contributed by atoms with Gasteiger partial charge >= 0.3 is 0 Å². The Morgan fingerprint density at radius 2 is 1.71 bits per heavy atom. The topological polar surface area (TPSA) is 19.9 Å². The maximum atomic E-state index is 10.2. The van der Waals surface area contributed by atoms with Gasteiger partial charge < -0.3 is 0 Å². The van der Waals surface area contributed by atoms with E-state index in [1.807, 2.05) is 6.08 Å². The molecule has 2 atom stereocenters. The fourth-order valence-electron chi connectivity index (χ4n) is 1.44. The third-order valence-corrected chi connectivity index (χ3v) is 2.28. The fourth-order valence-corrected chi connectivity index (χ4v) is 1.44. The normalized spacial score (nSPS) is 16.6. The van der Waals surface area contributed by atoms with Crippen molar-refractivity contribution >= 4 is 0 Å². The first kappa shape index (κ1) is 13.4. The lowest BCUT2D eigenvalue weighted by molar-refractivity contribution is 0.232. The molecule has 0 rings (SSSR count). The summed E-state index contributed by atoms with van der Waals surface area (Å²) >= 11 is 0. The van der Waals surface area contributed by atoms with Crippen molar-refractivity contribution in [3.05, 3.63) is 24.3 Å². The van der Waals surface area contributed by atoms with E-state index in [4.69, 9.17) is 0 Å². The van der Waals surface area contributed by atoms with Crippen LogP contribution >= 0.6 is 0 Å². The molecule has 0 bridgehead atoms. The summed E-state index contributed by atoms with van der Waals surface area (Å²) in [7, 11) is 0. The number of hydrogen-bond acceptors (Lipinski definition) is 0. The molecule has 0 saturated carbocycles. The van der Waals surface area contributed by atoms with Gasteiger partial charge in [-0.1, -0.05) is 51.5 Å². The lowest BCUT2D eigenvalue weighted by Crippen LogP contribution is -1.90. The zero-order valence-corrected chi connectivity index (χ0v) is 9.70. The highest BCUT2D eigenvalue weighted by molar-refractivity contribution is 4.93. The van der Waals surface area contributed by atoms with Crippen LogP contribution in [0.25, 0.3) is 0 Å². The molecule has 81 valence electrons. The summed E-state index contributed by atoms with van der Waals surface area (Å²) in [6.07, 6.45) is 11.8. The van der Waals surface area contributed by atoms with Gasteiger partial charge in [0.25, 0.3) is 0 Å². The van der Waals surface area contributed by atoms with Gasteiger partial charge in [0.05, 0.1) is 0 Å². The molecule has 0 aliphatic carbocycles. The molecule has 0 spiro atoms. The molecule has 0 amide bonds. The Kier molecular flexibility index (Phi) is 8.65. The maximum Gasteiger partial charge on any atom is 0.100 e. The van der Waals surface area contributed by atoms with Gasteiger partial charge in [-0.25, -0.2) is 5.11 Å². The molecular weight excluding hydrogens is 172 g/mol. The average Bonchev–Trinajstić information content (AvgIpc) is 2.15. The number of allylic oxidation sites excluding steroid dienone is 3. The lowest BCUT2D eigenvalue weighted by Gasteiger charge is -2.04. The summed E-state index contributed by atoms with van der Waals surface area (Å²) in [5.74, 6) is 1.18. The lowest BCUT2D eigenvalue weighted by atomic mass is 10.0. The average molecular weight is 195 g/mol. The minimum atomic E-state index is -0.0969. The molecule has 0 aromatic heterocycles. The molecule has 0 saturated heterocycles. The third-order valence-electron chi connectivity index (χ3n) is 2.28. The van der Waals surface area contributed by atoms with Crippen molar-refractivity contribution in [3.63, 3.8) is 0 Å². The summed E-state index contributed by atoms with van der Waals surface area (Å²) in [6, 6.07) is 0. The second kappa shape index (κ2) is 9.01. The van der Waals surface area contributed by atoms with E-state index >= 15 is 0 Å². The van der Waals surface area contributed by atoms with E-state index in [9.17, 15) is 5.11 Å². The van der Waals surface area contributed by atoms with Crippen LogP contribution in [0.3, 0.4) is 0 Å². The van der Waals surface area contributed by atoms with Crippen LogP contribution in [-0.2, 0) is 5.11 Å². The van der Waals surface area contributed by atoms with Crippen molar-refractivity contribution in [2.75, 3.05) is 6.61 Å². The van der Waals surface area contributed by atoms with Crippen molar-refractivity contribution in [2.24, 2.45) is 11.8 Å². The molecule has 2 unspecified atom stereocenters. The van der Waals surface area contributed by atoms with E-state index in [-0.39, 0.29) is 6.61 Å². The largest absolute Gasteiger partial charge is 0.232 e. The standard InChI is InChI=1S/C13H23O/c1-4-7-12(2)8-5-9-13(3)10-6-11-14/h5-6,8,10,12-13H,4,7,9,11H2,1-3H3. The molecule has 0 aliphatic rings. The van der Waals surface area contributed by atoms with Gasteiger partial charge in [-0.05, 0) is 24.7 Å². The van der Waals surface area contributed by atoms with Crippen LogP contribution in [0.15, 0.2) is 24.3 Å². The smallest absolute Gasteiger partial charge is 0.100 e. The Bertz CT molecular complexity index is 170. The SMILES string of the molecule is CCCC(C)C=CCC(C)C=CC[O]. The Morgan fingerprint density at radius 3 is 2.29 bits per heavy atom. The first-order chi connectivity index (χ1) is 6.70. The van der Waals surface area contributed by atoms with Gasteiger partial charge in [0.1, 0.15) is 6.61 Å².